The van der Waals surface area contributed by atoms with Crippen LogP contribution in [0, 0.1) is 6.92 Å². The molecule has 13 heteroatoms. The van der Waals surface area contributed by atoms with Crippen molar-refractivity contribution in [2.75, 3.05) is 6.54 Å². The third kappa shape index (κ3) is 5.45. The maximum absolute atomic E-state index is 12.8. The van der Waals surface area contributed by atoms with Gasteiger partial charge < -0.3 is 5.32 Å². The number of amides is 1. The summed E-state index contributed by atoms with van der Waals surface area (Å²) in [6.07, 6.45) is -10.5. The zero-order chi connectivity index (χ0) is 21.1. The third-order valence-corrected chi connectivity index (χ3v) is 3.71. The summed E-state index contributed by atoms with van der Waals surface area (Å²) in [4.78, 5) is 11.8. The predicted molar refractivity (Wildman–Crippen MR) is 81.7 cm³/mol. The number of carbonyl (C=O) groups is 1. The van der Waals surface area contributed by atoms with Gasteiger partial charge in [-0.25, -0.2) is 17.6 Å². The van der Waals surface area contributed by atoms with Gasteiger partial charge >= 0.3 is 6.18 Å². The highest BCUT2D eigenvalue weighted by Crippen LogP contribution is 2.28. The molecule has 0 radical (unpaired) electrons. The number of aryl methyl sites for hydroxylation is 2. The Morgan fingerprint density at radius 2 is 1.79 bits per heavy atom. The van der Waals surface area contributed by atoms with Crippen molar-refractivity contribution in [2.24, 2.45) is 0 Å². The Labute approximate surface area is 154 Å². The molecule has 0 atom stereocenters. The fourth-order valence-electron chi connectivity index (χ4n) is 2.38. The molecule has 1 N–H and O–H groups in total. The highest BCUT2D eigenvalue weighted by atomic mass is 19.4. The summed E-state index contributed by atoms with van der Waals surface area (Å²) in [6, 6.07) is 1.42. The largest absolute Gasteiger partial charge is 0.435 e. The van der Waals surface area contributed by atoms with Crippen molar-refractivity contribution in [1.82, 2.24) is 24.9 Å². The van der Waals surface area contributed by atoms with Gasteiger partial charge in [0.15, 0.2) is 5.69 Å². The summed E-state index contributed by atoms with van der Waals surface area (Å²) in [7, 11) is 0. The number of hydrogen-bond donors (Lipinski definition) is 1. The molecule has 2 rings (SSSR count). The third-order valence-electron chi connectivity index (χ3n) is 3.71. The van der Waals surface area contributed by atoms with E-state index in [1.165, 1.54) is 6.92 Å². The Kier molecular flexibility index (Phi) is 6.67. The first-order chi connectivity index (χ1) is 13.0. The molecule has 0 aliphatic rings. The van der Waals surface area contributed by atoms with Crippen LogP contribution in [0.4, 0.5) is 30.7 Å². The van der Waals surface area contributed by atoms with Crippen LogP contribution in [-0.2, 0) is 24.1 Å². The lowest BCUT2D eigenvalue weighted by atomic mass is 10.3. The minimum atomic E-state index is -4.56. The summed E-state index contributed by atoms with van der Waals surface area (Å²) in [5.74, 6) is -0.751. The molecule has 2 aromatic rings. The van der Waals surface area contributed by atoms with E-state index in [0.29, 0.717) is 10.7 Å². The van der Waals surface area contributed by atoms with Crippen molar-refractivity contribution < 1.29 is 35.5 Å². The Morgan fingerprint density at radius 3 is 2.32 bits per heavy atom. The van der Waals surface area contributed by atoms with Crippen molar-refractivity contribution >= 4 is 5.91 Å². The lowest BCUT2D eigenvalue weighted by molar-refractivity contribution is -0.141. The Balaban J connectivity index is 1.86. The van der Waals surface area contributed by atoms with Crippen LogP contribution in [0.15, 0.2) is 12.1 Å². The van der Waals surface area contributed by atoms with E-state index in [4.69, 9.17) is 0 Å². The van der Waals surface area contributed by atoms with Crippen LogP contribution in [0.5, 0.6) is 0 Å². The van der Waals surface area contributed by atoms with E-state index >= 15 is 0 Å². The van der Waals surface area contributed by atoms with Crippen LogP contribution in [0.3, 0.4) is 0 Å². The van der Waals surface area contributed by atoms with Crippen molar-refractivity contribution in [3.8, 4) is 0 Å². The summed E-state index contributed by atoms with van der Waals surface area (Å²) < 4.78 is 90.2. The minimum absolute atomic E-state index is 0.0203. The second-order valence-electron chi connectivity index (χ2n) is 5.85. The van der Waals surface area contributed by atoms with E-state index in [9.17, 15) is 35.5 Å². The molecule has 0 aliphatic carbocycles. The summed E-state index contributed by atoms with van der Waals surface area (Å²) in [5, 5.41) is 9.08. The average Bonchev–Trinajstić information content (AvgIpc) is 3.15. The SMILES string of the molecule is Cc1cc(C(F)(F)F)nn1CCCNC(=O)Cn1nc(C(F)F)cc1C(F)F. The molecular weight excluding hydrogens is 399 g/mol. The fraction of sp³-hybridized carbons (Fsp3) is 0.533. The molecule has 2 aromatic heterocycles. The van der Waals surface area contributed by atoms with E-state index in [1.54, 1.807) is 0 Å². The van der Waals surface area contributed by atoms with Gasteiger partial charge in [0.2, 0.25) is 5.91 Å². The average molecular weight is 415 g/mol. The van der Waals surface area contributed by atoms with Crippen molar-refractivity contribution in [3.63, 3.8) is 0 Å². The second-order valence-corrected chi connectivity index (χ2v) is 5.85. The number of halogens is 7. The molecule has 0 aromatic carbocycles. The monoisotopic (exact) mass is 415 g/mol. The zero-order valence-corrected chi connectivity index (χ0v) is 14.5. The lowest BCUT2D eigenvalue weighted by Crippen LogP contribution is -2.30. The van der Waals surface area contributed by atoms with Crippen LogP contribution >= 0.6 is 0 Å². The van der Waals surface area contributed by atoms with Crippen LogP contribution in [0.25, 0.3) is 0 Å². The summed E-state index contributed by atoms with van der Waals surface area (Å²) in [5.41, 5.74) is -2.41. The van der Waals surface area contributed by atoms with Crippen molar-refractivity contribution in [3.05, 3.63) is 34.9 Å². The fourth-order valence-corrected chi connectivity index (χ4v) is 2.38. The first-order valence-electron chi connectivity index (χ1n) is 8.01. The van der Waals surface area contributed by atoms with E-state index in [2.05, 4.69) is 15.5 Å². The molecule has 0 aliphatic heterocycles. The molecule has 156 valence electrons. The molecule has 28 heavy (non-hydrogen) atoms. The number of rotatable bonds is 8. The van der Waals surface area contributed by atoms with Crippen LogP contribution < -0.4 is 5.32 Å². The van der Waals surface area contributed by atoms with Gasteiger partial charge in [-0.2, -0.15) is 23.4 Å². The van der Waals surface area contributed by atoms with Crippen LogP contribution in [-0.4, -0.2) is 32.0 Å². The second kappa shape index (κ2) is 8.61. The van der Waals surface area contributed by atoms with Crippen molar-refractivity contribution in [2.45, 2.75) is 45.5 Å². The number of hydrogen-bond acceptors (Lipinski definition) is 3. The van der Waals surface area contributed by atoms with E-state index in [0.717, 1.165) is 10.7 Å². The number of aromatic nitrogens is 4. The zero-order valence-electron chi connectivity index (χ0n) is 14.5. The molecule has 0 bridgehead atoms. The molecule has 0 fully saturated rings. The van der Waals surface area contributed by atoms with Gasteiger partial charge in [-0.15, -0.1) is 0 Å². The first kappa shape index (κ1) is 21.7. The van der Waals surface area contributed by atoms with Gasteiger partial charge in [0, 0.05) is 18.8 Å². The van der Waals surface area contributed by atoms with Gasteiger partial charge in [-0.05, 0) is 25.5 Å². The van der Waals surface area contributed by atoms with Gasteiger partial charge in [-0.3, -0.25) is 14.2 Å². The van der Waals surface area contributed by atoms with Crippen molar-refractivity contribution in [1.29, 1.82) is 0 Å². The molecule has 2 heterocycles. The standard InChI is InChI=1S/C15H16F7N5O/c1-8-5-11(15(20,21)22)25-26(8)4-2-3-23-12(28)7-27-10(14(18)19)6-9(24-27)13(16)17/h5-6,13-14H,2-4,7H2,1H3,(H,23,28). The molecular formula is C15H16F7N5O. The minimum Gasteiger partial charge on any atom is -0.354 e. The number of alkyl halides is 7. The van der Waals surface area contributed by atoms with E-state index < -0.39 is 48.6 Å². The number of nitrogens with zero attached hydrogens (tertiary/aromatic N) is 4. The molecule has 0 spiro atoms. The molecule has 0 saturated carbocycles. The van der Waals surface area contributed by atoms with E-state index in [-0.39, 0.29) is 25.2 Å². The van der Waals surface area contributed by atoms with E-state index in [1.807, 2.05) is 0 Å². The van der Waals surface area contributed by atoms with Gasteiger partial charge in [0.05, 0.1) is 0 Å². The number of carbonyl (C=O) groups excluding carboxylic acids is 1. The molecule has 0 saturated heterocycles. The first-order valence-corrected chi connectivity index (χ1v) is 8.01. The molecule has 6 nitrogen and oxygen atoms in total. The Bertz CT molecular complexity index is 812. The lowest BCUT2D eigenvalue weighted by Gasteiger charge is -2.09. The van der Waals surface area contributed by atoms with Gasteiger partial charge in [0.25, 0.3) is 12.9 Å². The maximum atomic E-state index is 12.8. The molecule has 0 unspecified atom stereocenters. The smallest absolute Gasteiger partial charge is 0.354 e. The van der Waals surface area contributed by atoms with Gasteiger partial charge in [0.1, 0.15) is 17.9 Å². The summed E-state index contributed by atoms with van der Waals surface area (Å²) >= 11 is 0. The quantitative estimate of drug-likeness (QED) is 0.530. The van der Waals surface area contributed by atoms with Crippen LogP contribution in [0.2, 0.25) is 0 Å². The predicted octanol–water partition coefficient (Wildman–Crippen LogP) is 3.49. The Morgan fingerprint density at radius 1 is 1.11 bits per heavy atom. The number of nitrogens with one attached hydrogen (secondary N) is 1. The molecule has 1 amide bonds. The van der Waals surface area contributed by atoms with Crippen LogP contribution in [0.1, 0.15) is 42.0 Å². The summed E-state index contributed by atoms with van der Waals surface area (Å²) in [6.45, 7) is 0.866. The maximum Gasteiger partial charge on any atom is 0.435 e. The normalized spacial score (nSPS) is 12.2. The van der Waals surface area contributed by atoms with Gasteiger partial charge in [-0.1, -0.05) is 0 Å². The Hall–Kier alpha value is -2.60. The highest BCUT2D eigenvalue weighted by molar-refractivity contribution is 5.75. The highest BCUT2D eigenvalue weighted by Gasteiger charge is 2.34. The topological polar surface area (TPSA) is 64.7 Å².